The third-order valence-corrected chi connectivity index (χ3v) is 1.56. The van der Waals surface area contributed by atoms with Gasteiger partial charge in [0.25, 0.3) is 0 Å². The highest BCUT2D eigenvalue weighted by Crippen LogP contribution is 2.12. The molecule has 0 radical (unpaired) electrons. The van der Waals surface area contributed by atoms with E-state index < -0.39 is 0 Å². The number of hydrogen-bond donors (Lipinski definition) is 0. The zero-order chi connectivity index (χ0) is 9.52. The average Bonchev–Trinajstić information content (AvgIpc) is 2.17. The summed E-state index contributed by atoms with van der Waals surface area (Å²) in [6.45, 7) is 0.930. The Bertz CT molecular complexity index is 282. The van der Waals surface area contributed by atoms with Gasteiger partial charge in [-0.15, -0.1) is 6.42 Å². The molecule has 0 aliphatic rings. The van der Waals surface area contributed by atoms with Gasteiger partial charge in [0.2, 0.25) is 0 Å². The molecule has 2 heteroatoms. The molecule has 0 heterocycles. The van der Waals surface area contributed by atoms with E-state index in [2.05, 4.69) is 5.92 Å². The van der Waals surface area contributed by atoms with Gasteiger partial charge in [-0.25, -0.2) is 0 Å². The SMILES string of the molecule is C#CCOc1ccc(COC)cc1. The average molecular weight is 176 g/mol. The van der Waals surface area contributed by atoms with E-state index in [9.17, 15) is 0 Å². The van der Waals surface area contributed by atoms with Gasteiger partial charge in [-0.1, -0.05) is 18.1 Å². The van der Waals surface area contributed by atoms with Gasteiger partial charge in [0.1, 0.15) is 12.4 Å². The lowest BCUT2D eigenvalue weighted by Crippen LogP contribution is -1.93. The number of ether oxygens (including phenoxy) is 2. The second kappa shape index (κ2) is 5.23. The first-order valence-corrected chi connectivity index (χ1v) is 4.01. The molecule has 0 saturated carbocycles. The van der Waals surface area contributed by atoms with Crippen LogP contribution >= 0.6 is 0 Å². The fourth-order valence-electron chi connectivity index (χ4n) is 0.974. The van der Waals surface area contributed by atoms with E-state index >= 15 is 0 Å². The Labute approximate surface area is 78.5 Å². The molecule has 1 rings (SSSR count). The quantitative estimate of drug-likeness (QED) is 0.652. The van der Waals surface area contributed by atoms with Crippen LogP contribution in [0.5, 0.6) is 5.75 Å². The van der Waals surface area contributed by atoms with Crippen LogP contribution in [0.25, 0.3) is 0 Å². The number of methoxy groups -OCH3 is 1. The molecule has 0 fully saturated rings. The first-order chi connectivity index (χ1) is 6.36. The second-order valence-electron chi connectivity index (χ2n) is 2.57. The van der Waals surface area contributed by atoms with Gasteiger partial charge in [0.15, 0.2) is 0 Å². The van der Waals surface area contributed by atoms with E-state index in [1.807, 2.05) is 24.3 Å². The molecule has 0 saturated heterocycles. The molecule has 0 bridgehead atoms. The Morgan fingerprint density at radius 2 is 2.00 bits per heavy atom. The van der Waals surface area contributed by atoms with Gasteiger partial charge in [-0.2, -0.15) is 0 Å². The lowest BCUT2D eigenvalue weighted by Gasteiger charge is -2.03. The maximum atomic E-state index is 5.21. The highest BCUT2D eigenvalue weighted by molar-refractivity contribution is 5.27. The third-order valence-electron chi connectivity index (χ3n) is 1.56. The lowest BCUT2D eigenvalue weighted by atomic mass is 10.2. The largest absolute Gasteiger partial charge is 0.481 e. The topological polar surface area (TPSA) is 18.5 Å². The van der Waals surface area contributed by atoms with Gasteiger partial charge >= 0.3 is 0 Å². The minimum absolute atomic E-state index is 0.309. The van der Waals surface area contributed by atoms with Gasteiger partial charge in [-0.3, -0.25) is 0 Å². The van der Waals surface area contributed by atoms with Crippen LogP contribution in [0.4, 0.5) is 0 Å². The van der Waals surface area contributed by atoms with E-state index in [-0.39, 0.29) is 0 Å². The molecule has 0 N–H and O–H groups in total. The number of rotatable bonds is 4. The van der Waals surface area contributed by atoms with Gasteiger partial charge in [0.05, 0.1) is 6.61 Å². The Morgan fingerprint density at radius 1 is 1.31 bits per heavy atom. The Morgan fingerprint density at radius 3 is 2.54 bits per heavy atom. The summed E-state index contributed by atoms with van der Waals surface area (Å²) in [5.41, 5.74) is 1.12. The first-order valence-electron chi connectivity index (χ1n) is 4.01. The van der Waals surface area contributed by atoms with Crippen molar-refractivity contribution < 1.29 is 9.47 Å². The third kappa shape index (κ3) is 3.18. The highest BCUT2D eigenvalue weighted by Gasteiger charge is 1.93. The maximum absolute atomic E-state index is 5.21. The van der Waals surface area contributed by atoms with Crippen molar-refractivity contribution in [2.24, 2.45) is 0 Å². The van der Waals surface area contributed by atoms with Crippen LogP contribution < -0.4 is 4.74 Å². The molecular weight excluding hydrogens is 164 g/mol. The summed E-state index contributed by atoms with van der Waals surface area (Å²) in [5, 5.41) is 0. The van der Waals surface area contributed by atoms with Crippen LogP contribution in [0, 0.1) is 12.3 Å². The number of terminal acetylenes is 1. The standard InChI is InChI=1S/C11H12O2/c1-3-8-13-11-6-4-10(5-7-11)9-12-2/h1,4-7H,8-9H2,2H3. The summed E-state index contributed by atoms with van der Waals surface area (Å²) in [6.07, 6.45) is 5.06. The molecular formula is C11H12O2. The molecule has 1 aromatic carbocycles. The summed E-state index contributed by atoms with van der Waals surface area (Å²) in [7, 11) is 1.67. The van der Waals surface area contributed by atoms with Crippen molar-refractivity contribution in [3.05, 3.63) is 29.8 Å². The predicted octanol–water partition coefficient (Wildman–Crippen LogP) is 1.84. The van der Waals surface area contributed by atoms with Crippen molar-refractivity contribution in [3.63, 3.8) is 0 Å². The van der Waals surface area contributed by atoms with E-state index in [0.717, 1.165) is 11.3 Å². The number of hydrogen-bond acceptors (Lipinski definition) is 2. The van der Waals surface area contributed by atoms with Crippen molar-refractivity contribution in [1.29, 1.82) is 0 Å². The molecule has 0 atom stereocenters. The molecule has 13 heavy (non-hydrogen) atoms. The molecule has 0 aliphatic carbocycles. The predicted molar refractivity (Wildman–Crippen MR) is 51.5 cm³/mol. The molecule has 1 aromatic rings. The van der Waals surface area contributed by atoms with Crippen LogP contribution in [-0.4, -0.2) is 13.7 Å². The van der Waals surface area contributed by atoms with E-state index in [4.69, 9.17) is 15.9 Å². The molecule has 0 aromatic heterocycles. The highest BCUT2D eigenvalue weighted by atomic mass is 16.5. The molecule has 0 spiro atoms. The fourth-order valence-corrected chi connectivity index (χ4v) is 0.974. The number of benzene rings is 1. The smallest absolute Gasteiger partial charge is 0.148 e. The Balaban J connectivity index is 2.54. The summed E-state index contributed by atoms with van der Waals surface area (Å²) < 4.78 is 10.2. The van der Waals surface area contributed by atoms with Crippen molar-refractivity contribution in [3.8, 4) is 18.1 Å². The van der Waals surface area contributed by atoms with Gasteiger partial charge in [0, 0.05) is 7.11 Å². The van der Waals surface area contributed by atoms with Crippen molar-refractivity contribution in [2.45, 2.75) is 6.61 Å². The normalized spacial score (nSPS) is 9.23. The van der Waals surface area contributed by atoms with Crippen LogP contribution in [0.15, 0.2) is 24.3 Å². The van der Waals surface area contributed by atoms with Crippen LogP contribution in [0.2, 0.25) is 0 Å². The van der Waals surface area contributed by atoms with E-state index in [1.54, 1.807) is 7.11 Å². The summed E-state index contributed by atoms with van der Waals surface area (Å²) in [4.78, 5) is 0. The van der Waals surface area contributed by atoms with E-state index in [1.165, 1.54) is 0 Å². The van der Waals surface area contributed by atoms with Crippen molar-refractivity contribution >= 4 is 0 Å². The van der Waals surface area contributed by atoms with Crippen LogP contribution in [0.3, 0.4) is 0 Å². The fraction of sp³-hybridized carbons (Fsp3) is 0.273. The zero-order valence-corrected chi connectivity index (χ0v) is 7.62. The molecule has 0 unspecified atom stereocenters. The van der Waals surface area contributed by atoms with Crippen molar-refractivity contribution in [2.75, 3.05) is 13.7 Å². The monoisotopic (exact) mass is 176 g/mol. The minimum Gasteiger partial charge on any atom is -0.481 e. The molecule has 2 nitrogen and oxygen atoms in total. The first kappa shape index (κ1) is 9.63. The molecule has 0 amide bonds. The maximum Gasteiger partial charge on any atom is 0.148 e. The zero-order valence-electron chi connectivity index (χ0n) is 7.62. The second-order valence-corrected chi connectivity index (χ2v) is 2.57. The Hall–Kier alpha value is -1.46. The van der Waals surface area contributed by atoms with Crippen LogP contribution in [0.1, 0.15) is 5.56 Å². The molecule has 68 valence electrons. The van der Waals surface area contributed by atoms with Gasteiger partial charge in [-0.05, 0) is 17.7 Å². The Kier molecular flexibility index (Phi) is 3.87. The minimum atomic E-state index is 0.309. The van der Waals surface area contributed by atoms with E-state index in [0.29, 0.717) is 13.2 Å². The lowest BCUT2D eigenvalue weighted by molar-refractivity contribution is 0.185. The molecule has 0 aliphatic heterocycles. The summed E-state index contributed by atoms with van der Waals surface area (Å²) >= 11 is 0. The summed E-state index contributed by atoms with van der Waals surface area (Å²) in [6, 6.07) is 7.67. The summed E-state index contributed by atoms with van der Waals surface area (Å²) in [5.74, 6) is 3.20. The van der Waals surface area contributed by atoms with Gasteiger partial charge < -0.3 is 9.47 Å². The van der Waals surface area contributed by atoms with Crippen LogP contribution in [-0.2, 0) is 11.3 Å². The van der Waals surface area contributed by atoms with Crippen molar-refractivity contribution in [1.82, 2.24) is 0 Å².